The Hall–Kier alpha value is -2.69. The Bertz CT molecular complexity index is 1450. The Balaban J connectivity index is 2.32. The maximum absolute atomic E-state index is 12.4. The van der Waals surface area contributed by atoms with Gasteiger partial charge in [-0.3, -0.25) is 17.7 Å². The first kappa shape index (κ1) is 38.5. The number of hydrogen-bond donors (Lipinski definition) is 4. The lowest BCUT2D eigenvalue weighted by molar-refractivity contribution is -0.434. The summed E-state index contributed by atoms with van der Waals surface area (Å²) in [6, 6.07) is 8.19. The number of amides is 1. The second-order valence-electron chi connectivity index (χ2n) is 8.04. The first-order chi connectivity index (χ1) is 21.4. The first-order valence-electron chi connectivity index (χ1n) is 12.0. The van der Waals surface area contributed by atoms with Gasteiger partial charge in [-0.15, -0.1) is 13.8 Å². The Morgan fingerprint density at radius 3 is 2.04 bits per heavy atom. The summed E-state index contributed by atoms with van der Waals surface area (Å²) in [7, 11) is -7.33. The van der Waals surface area contributed by atoms with Crippen LogP contribution in [0.1, 0.15) is 6.92 Å². The standard InChI is InChI=1S/C21H28N4O16S4/c1-15(26)22-18-13-20(25(7-9-35-42-40-38-27)8-10-36-43-41-39-28)21(34-2)14-19(18)24-23-16-3-5-17(6-4-16)44(29,30)12-11-37-45(31,32)33/h3-6,13-14,27-28H,7-12H2,1-2H3,(H,22,26)(H,31,32,33). The number of azo groups is 1. The number of hydrogen-bond acceptors (Lipinski definition) is 20. The quantitative estimate of drug-likeness (QED) is 0.0339. The van der Waals surface area contributed by atoms with Gasteiger partial charge in [0.1, 0.15) is 11.4 Å². The molecule has 0 heterocycles. The number of rotatable bonds is 22. The van der Waals surface area contributed by atoms with E-state index in [1.165, 1.54) is 44.4 Å². The number of sulfone groups is 1. The van der Waals surface area contributed by atoms with E-state index in [1.54, 1.807) is 11.0 Å². The number of ether oxygens (including phenoxy) is 1. The van der Waals surface area contributed by atoms with Crippen LogP contribution in [0.15, 0.2) is 51.5 Å². The molecule has 2 aromatic carbocycles. The number of nitrogens with one attached hydrogen (secondary N) is 1. The van der Waals surface area contributed by atoms with Crippen molar-refractivity contribution >= 4 is 73.5 Å². The lowest BCUT2D eigenvalue weighted by Gasteiger charge is -2.27. The third-order valence-corrected chi connectivity index (χ3v) is 8.02. The van der Waals surface area contributed by atoms with Crippen LogP contribution in [0, 0.1) is 0 Å². The van der Waals surface area contributed by atoms with E-state index in [0.29, 0.717) is 30.3 Å². The molecule has 0 aliphatic heterocycles. The smallest absolute Gasteiger partial charge is 0.397 e. The van der Waals surface area contributed by atoms with E-state index in [-0.39, 0.29) is 54.0 Å². The van der Waals surface area contributed by atoms with Crippen LogP contribution < -0.4 is 15.0 Å². The fourth-order valence-corrected chi connectivity index (χ4v) is 5.22. The van der Waals surface area contributed by atoms with Crippen LogP contribution in [0.2, 0.25) is 0 Å². The lowest BCUT2D eigenvalue weighted by Crippen LogP contribution is -2.30. The molecule has 45 heavy (non-hydrogen) atoms. The van der Waals surface area contributed by atoms with E-state index >= 15 is 0 Å². The van der Waals surface area contributed by atoms with Gasteiger partial charge in [-0.05, 0) is 30.3 Å². The highest BCUT2D eigenvalue weighted by Gasteiger charge is 2.19. The summed E-state index contributed by atoms with van der Waals surface area (Å²) in [6.07, 6.45) is 0. The van der Waals surface area contributed by atoms with Crippen LogP contribution in [-0.2, 0) is 56.3 Å². The van der Waals surface area contributed by atoms with E-state index in [1.807, 2.05) is 0 Å². The largest absolute Gasteiger partial charge is 0.494 e. The predicted octanol–water partition coefficient (Wildman–Crippen LogP) is 3.47. The lowest BCUT2D eigenvalue weighted by atomic mass is 10.2. The summed E-state index contributed by atoms with van der Waals surface area (Å²) < 4.78 is 82.9. The zero-order chi connectivity index (χ0) is 33.3. The van der Waals surface area contributed by atoms with Gasteiger partial charge in [0.2, 0.25) is 5.91 Å². The van der Waals surface area contributed by atoms with Crippen molar-refractivity contribution in [1.82, 2.24) is 0 Å². The molecule has 0 unspecified atom stereocenters. The minimum Gasteiger partial charge on any atom is -0.494 e. The Morgan fingerprint density at radius 1 is 0.933 bits per heavy atom. The zero-order valence-corrected chi connectivity index (χ0v) is 26.6. The fourth-order valence-electron chi connectivity index (χ4n) is 3.32. The second kappa shape index (κ2) is 19.7. The van der Waals surface area contributed by atoms with Gasteiger partial charge in [-0.25, -0.2) is 23.1 Å². The van der Waals surface area contributed by atoms with Crippen LogP contribution in [0.25, 0.3) is 0 Å². The maximum atomic E-state index is 12.4. The average Bonchev–Trinajstić information content (AvgIpc) is 2.98. The monoisotopic (exact) mass is 720 g/mol. The summed E-state index contributed by atoms with van der Waals surface area (Å²) in [5.74, 6) is -0.845. The fraction of sp³-hybridized carbons (Fsp3) is 0.381. The van der Waals surface area contributed by atoms with Gasteiger partial charge < -0.3 is 15.0 Å². The number of nitrogens with zero attached hydrogens (tertiary/aromatic N) is 3. The van der Waals surface area contributed by atoms with E-state index in [2.05, 4.69) is 38.5 Å². The highest BCUT2D eigenvalue weighted by atomic mass is 32.3. The number of benzene rings is 2. The molecule has 2 rings (SSSR count). The van der Waals surface area contributed by atoms with E-state index in [9.17, 15) is 21.6 Å². The van der Waals surface area contributed by atoms with Gasteiger partial charge in [-0.2, -0.15) is 13.5 Å². The molecule has 0 bridgehead atoms. The van der Waals surface area contributed by atoms with Crippen LogP contribution in [-0.4, -0.2) is 83.6 Å². The van der Waals surface area contributed by atoms with E-state index < -0.39 is 38.5 Å². The molecule has 1 amide bonds. The number of carbonyl (C=O) groups excluding carboxylic acids is 1. The van der Waals surface area contributed by atoms with Crippen molar-refractivity contribution < 1.29 is 72.7 Å². The van der Waals surface area contributed by atoms with Crippen molar-refractivity contribution in [2.75, 3.05) is 56.0 Å². The number of anilines is 2. The van der Waals surface area contributed by atoms with Crippen molar-refractivity contribution in [3.63, 3.8) is 0 Å². The van der Waals surface area contributed by atoms with Crippen molar-refractivity contribution in [3.05, 3.63) is 36.4 Å². The summed E-state index contributed by atoms with van der Waals surface area (Å²) in [5, 5.41) is 34.3. The first-order valence-corrected chi connectivity index (χ1v) is 16.4. The Morgan fingerprint density at radius 2 is 1.53 bits per heavy atom. The average molecular weight is 721 g/mol. The molecule has 0 saturated carbocycles. The highest BCUT2D eigenvalue weighted by Crippen LogP contribution is 2.39. The molecular formula is C21H28N4O16S4. The minimum atomic E-state index is -4.78. The molecule has 0 spiro atoms. The molecule has 0 fully saturated rings. The van der Waals surface area contributed by atoms with Crippen molar-refractivity contribution in [3.8, 4) is 5.75 Å². The summed E-state index contributed by atoms with van der Waals surface area (Å²) in [6.45, 7) is 0.975. The molecular weight excluding hydrogens is 693 g/mol. The van der Waals surface area contributed by atoms with Gasteiger partial charge in [0.15, 0.2) is 34.5 Å². The minimum absolute atomic E-state index is 0.0385. The molecule has 4 N–H and O–H groups in total. The molecule has 20 nitrogen and oxygen atoms in total. The molecule has 0 atom stereocenters. The molecule has 0 radical (unpaired) electrons. The van der Waals surface area contributed by atoms with Crippen LogP contribution in [0.3, 0.4) is 0 Å². The molecule has 0 aromatic heterocycles. The summed E-state index contributed by atoms with van der Waals surface area (Å²) in [4.78, 5) is 13.6. The number of carbonyl (C=O) groups is 1. The Labute approximate surface area is 265 Å². The molecule has 2 aromatic rings. The molecule has 0 saturated heterocycles. The van der Waals surface area contributed by atoms with Crippen LogP contribution >= 0.6 is 24.6 Å². The normalized spacial score (nSPS) is 12.0. The van der Waals surface area contributed by atoms with Crippen molar-refractivity contribution in [1.29, 1.82) is 0 Å². The van der Waals surface area contributed by atoms with E-state index in [4.69, 9.17) is 28.2 Å². The van der Waals surface area contributed by atoms with Gasteiger partial charge in [0.05, 0.1) is 54.6 Å². The van der Waals surface area contributed by atoms with Crippen LogP contribution in [0.5, 0.6) is 5.75 Å². The zero-order valence-electron chi connectivity index (χ0n) is 23.3. The Kier molecular flexibility index (Phi) is 16.9. The summed E-state index contributed by atoms with van der Waals surface area (Å²) >= 11 is 0.752. The highest BCUT2D eigenvalue weighted by molar-refractivity contribution is 7.91. The SMILES string of the molecule is COc1cc(N=Nc2ccc(S(=O)(=O)CCOS(=O)(=O)O)cc2)c(NC(C)=O)cc1N(CCOSOOO)CCOSOOO. The van der Waals surface area contributed by atoms with Crippen LogP contribution in [0.4, 0.5) is 22.7 Å². The predicted molar refractivity (Wildman–Crippen MR) is 156 cm³/mol. The van der Waals surface area contributed by atoms with Crippen molar-refractivity contribution in [2.24, 2.45) is 10.2 Å². The number of methoxy groups -OCH3 is 1. The topological polar surface area (TPSA) is 260 Å². The molecule has 0 aliphatic rings. The summed E-state index contributed by atoms with van der Waals surface area (Å²) in [5.41, 5.74) is 1.08. The second-order valence-corrected chi connectivity index (χ2v) is 12.3. The van der Waals surface area contributed by atoms with Gasteiger partial charge in [0, 0.05) is 26.1 Å². The van der Waals surface area contributed by atoms with Gasteiger partial charge in [-0.1, -0.05) is 10.1 Å². The molecule has 252 valence electrons. The maximum Gasteiger partial charge on any atom is 0.397 e. The third kappa shape index (κ3) is 14.5. The molecule has 0 aliphatic carbocycles. The van der Waals surface area contributed by atoms with Gasteiger partial charge in [0.25, 0.3) is 0 Å². The van der Waals surface area contributed by atoms with E-state index in [0.717, 1.165) is 0 Å². The molecule has 24 heteroatoms. The third-order valence-electron chi connectivity index (χ3n) is 5.10. The van der Waals surface area contributed by atoms with Crippen molar-refractivity contribution in [2.45, 2.75) is 11.8 Å². The van der Waals surface area contributed by atoms with Gasteiger partial charge >= 0.3 is 10.4 Å².